The first-order valence-corrected chi connectivity index (χ1v) is 9.34. The number of halogens is 1. The van der Waals surface area contributed by atoms with Gasteiger partial charge in [-0.2, -0.15) is 0 Å². The van der Waals surface area contributed by atoms with E-state index in [1.807, 2.05) is 55.7 Å². The summed E-state index contributed by atoms with van der Waals surface area (Å²) in [5, 5.41) is 0.511. The predicted molar refractivity (Wildman–Crippen MR) is 116 cm³/mol. The summed E-state index contributed by atoms with van der Waals surface area (Å²) >= 11 is 6.10. The maximum Gasteiger partial charge on any atom is 0.131 e. The zero-order valence-corrected chi connectivity index (χ0v) is 16.1. The lowest BCUT2D eigenvalue weighted by Gasteiger charge is -2.10. The lowest BCUT2D eigenvalue weighted by molar-refractivity contribution is 1.24. The Bertz CT molecular complexity index is 1120. The molecular weight excluding hydrogens is 366 g/mol. The fraction of sp³-hybridized carbons (Fsp3) is 0.0417. The summed E-state index contributed by atoms with van der Waals surface area (Å²) in [6.45, 7) is 1.95. The Morgan fingerprint density at radius 1 is 0.786 bits per heavy atom. The molecule has 3 aromatic heterocycles. The summed E-state index contributed by atoms with van der Waals surface area (Å²) in [4.78, 5) is 13.2. The van der Waals surface area contributed by atoms with Gasteiger partial charge in [-0.15, -0.1) is 0 Å². The van der Waals surface area contributed by atoms with E-state index < -0.39 is 0 Å². The van der Waals surface area contributed by atoms with Gasteiger partial charge in [0.15, 0.2) is 0 Å². The minimum absolute atomic E-state index is 0.511. The Hall–Kier alpha value is -3.30. The van der Waals surface area contributed by atoms with Crippen LogP contribution >= 0.6 is 11.6 Å². The molecule has 28 heavy (non-hydrogen) atoms. The van der Waals surface area contributed by atoms with E-state index in [2.05, 4.69) is 40.3 Å². The van der Waals surface area contributed by atoms with Crippen molar-refractivity contribution < 1.29 is 0 Å². The van der Waals surface area contributed by atoms with Gasteiger partial charge in [-0.3, -0.25) is 9.97 Å². The van der Waals surface area contributed by atoms with Crippen LogP contribution in [0.5, 0.6) is 0 Å². The van der Waals surface area contributed by atoms with Crippen molar-refractivity contribution in [3.63, 3.8) is 0 Å². The van der Waals surface area contributed by atoms with Crippen LogP contribution in [0.1, 0.15) is 16.7 Å². The van der Waals surface area contributed by atoms with Gasteiger partial charge in [-0.25, -0.2) is 4.98 Å². The second-order valence-corrected chi connectivity index (χ2v) is 6.84. The van der Waals surface area contributed by atoms with Gasteiger partial charge in [0.2, 0.25) is 0 Å². The average Bonchev–Trinajstić information content (AvgIpc) is 2.75. The number of nitrogens with zero attached hydrogens (tertiary/aromatic N) is 3. The van der Waals surface area contributed by atoms with Crippen LogP contribution in [0.3, 0.4) is 0 Å². The molecule has 0 bridgehead atoms. The van der Waals surface area contributed by atoms with Crippen LogP contribution in [0, 0.1) is 6.92 Å². The second-order valence-electron chi connectivity index (χ2n) is 6.48. The van der Waals surface area contributed by atoms with E-state index in [1.54, 1.807) is 12.4 Å². The molecule has 3 heterocycles. The molecule has 0 aliphatic rings. The summed E-state index contributed by atoms with van der Waals surface area (Å²) < 4.78 is 0. The summed E-state index contributed by atoms with van der Waals surface area (Å²) in [6, 6.07) is 18.3. The molecule has 0 N–H and O–H groups in total. The van der Waals surface area contributed by atoms with Crippen LogP contribution in [0.15, 0.2) is 79.4 Å². The SMILES string of the molecule is Cc1cc(-c2ncc(-c3cccnc3)cc2/C=C/c2ccccc2)cnc1Cl. The standard InChI is InChI=1S/C24H18ClN3/c1-17-12-22(16-28-24(17)25)23-19(10-9-18-6-3-2-4-7-18)13-21(15-27-23)20-8-5-11-26-14-20/h2-16H,1H3/b10-9+. The van der Waals surface area contributed by atoms with Crippen molar-refractivity contribution in [3.05, 3.63) is 101 Å². The molecule has 3 nitrogen and oxygen atoms in total. The summed E-state index contributed by atoms with van der Waals surface area (Å²) in [7, 11) is 0. The van der Waals surface area contributed by atoms with Gasteiger partial charge in [0.25, 0.3) is 0 Å². The van der Waals surface area contributed by atoms with Gasteiger partial charge in [0, 0.05) is 47.0 Å². The third-order valence-electron chi connectivity index (χ3n) is 4.45. The number of hydrogen-bond acceptors (Lipinski definition) is 3. The van der Waals surface area contributed by atoms with Crippen molar-refractivity contribution in [3.8, 4) is 22.4 Å². The number of aromatic nitrogens is 3. The molecule has 0 spiro atoms. The van der Waals surface area contributed by atoms with Crippen LogP contribution in [0.25, 0.3) is 34.5 Å². The van der Waals surface area contributed by atoms with E-state index in [1.165, 1.54) is 0 Å². The van der Waals surface area contributed by atoms with Gasteiger partial charge in [0.1, 0.15) is 5.15 Å². The highest BCUT2D eigenvalue weighted by Crippen LogP contribution is 2.29. The van der Waals surface area contributed by atoms with Crippen LogP contribution < -0.4 is 0 Å². The van der Waals surface area contributed by atoms with Crippen LogP contribution in [-0.4, -0.2) is 15.0 Å². The predicted octanol–water partition coefficient (Wildman–Crippen LogP) is 6.34. The first kappa shape index (κ1) is 18.1. The number of aryl methyl sites for hydroxylation is 1. The van der Waals surface area contributed by atoms with Crippen LogP contribution in [-0.2, 0) is 0 Å². The number of hydrogen-bond donors (Lipinski definition) is 0. The number of benzene rings is 1. The molecule has 0 saturated heterocycles. The molecule has 0 atom stereocenters. The van der Waals surface area contributed by atoms with Crippen LogP contribution in [0.4, 0.5) is 0 Å². The topological polar surface area (TPSA) is 38.7 Å². The molecule has 4 heteroatoms. The monoisotopic (exact) mass is 383 g/mol. The fourth-order valence-electron chi connectivity index (χ4n) is 2.98. The molecule has 0 radical (unpaired) electrons. The maximum atomic E-state index is 6.10. The summed E-state index contributed by atoms with van der Waals surface area (Å²) in [5.41, 5.74) is 6.92. The van der Waals surface area contributed by atoms with Crippen LogP contribution in [0.2, 0.25) is 5.15 Å². The average molecular weight is 384 g/mol. The quantitative estimate of drug-likeness (QED) is 0.386. The van der Waals surface area contributed by atoms with E-state index in [0.29, 0.717) is 5.15 Å². The van der Waals surface area contributed by atoms with Crippen molar-refractivity contribution in [2.45, 2.75) is 6.92 Å². The molecule has 4 rings (SSSR count). The molecule has 1 aromatic carbocycles. The summed E-state index contributed by atoms with van der Waals surface area (Å²) in [6.07, 6.45) is 11.4. The number of rotatable bonds is 4. The van der Waals surface area contributed by atoms with Crippen molar-refractivity contribution in [2.75, 3.05) is 0 Å². The molecule has 0 amide bonds. The van der Waals surface area contributed by atoms with Gasteiger partial charge in [-0.05, 0) is 36.2 Å². The number of pyridine rings is 3. The zero-order chi connectivity index (χ0) is 19.3. The maximum absolute atomic E-state index is 6.10. The Morgan fingerprint density at radius 2 is 1.61 bits per heavy atom. The highest BCUT2D eigenvalue weighted by Gasteiger charge is 2.10. The Morgan fingerprint density at radius 3 is 2.36 bits per heavy atom. The normalized spacial score (nSPS) is 11.1. The van der Waals surface area contributed by atoms with E-state index in [4.69, 9.17) is 16.6 Å². The largest absolute Gasteiger partial charge is 0.264 e. The van der Waals surface area contributed by atoms with E-state index in [9.17, 15) is 0 Å². The molecule has 0 aliphatic carbocycles. The second kappa shape index (κ2) is 8.15. The molecular formula is C24H18ClN3. The lowest BCUT2D eigenvalue weighted by Crippen LogP contribution is -1.93. The van der Waals surface area contributed by atoms with Crippen molar-refractivity contribution in [1.29, 1.82) is 0 Å². The van der Waals surface area contributed by atoms with E-state index >= 15 is 0 Å². The van der Waals surface area contributed by atoms with Gasteiger partial charge in [0.05, 0.1) is 5.69 Å². The fourth-order valence-corrected chi connectivity index (χ4v) is 3.08. The first-order valence-electron chi connectivity index (χ1n) is 8.97. The minimum Gasteiger partial charge on any atom is -0.264 e. The smallest absolute Gasteiger partial charge is 0.131 e. The third-order valence-corrected chi connectivity index (χ3v) is 4.85. The van der Waals surface area contributed by atoms with Crippen molar-refractivity contribution >= 4 is 23.8 Å². The summed E-state index contributed by atoms with van der Waals surface area (Å²) in [5.74, 6) is 0. The molecule has 0 unspecified atom stereocenters. The Kier molecular flexibility index (Phi) is 5.27. The molecule has 0 fully saturated rings. The van der Waals surface area contributed by atoms with Crippen molar-refractivity contribution in [1.82, 2.24) is 15.0 Å². The Labute approximate surface area is 169 Å². The first-order chi connectivity index (χ1) is 13.7. The molecule has 0 aliphatic heterocycles. The van der Waals surface area contributed by atoms with Gasteiger partial charge in [-0.1, -0.05) is 60.2 Å². The Balaban J connectivity index is 1.82. The lowest BCUT2D eigenvalue weighted by atomic mass is 10.0. The van der Waals surface area contributed by atoms with E-state index in [0.717, 1.165) is 39.1 Å². The molecule has 136 valence electrons. The van der Waals surface area contributed by atoms with Crippen molar-refractivity contribution in [2.24, 2.45) is 0 Å². The highest BCUT2D eigenvalue weighted by atomic mass is 35.5. The van der Waals surface area contributed by atoms with Gasteiger partial charge < -0.3 is 0 Å². The zero-order valence-electron chi connectivity index (χ0n) is 15.4. The minimum atomic E-state index is 0.511. The highest BCUT2D eigenvalue weighted by molar-refractivity contribution is 6.30. The van der Waals surface area contributed by atoms with E-state index in [-0.39, 0.29) is 0 Å². The van der Waals surface area contributed by atoms with Gasteiger partial charge >= 0.3 is 0 Å². The molecule has 0 saturated carbocycles. The third kappa shape index (κ3) is 4.00. The molecule has 4 aromatic rings.